The van der Waals surface area contributed by atoms with Crippen molar-refractivity contribution in [1.82, 2.24) is 0 Å². The van der Waals surface area contributed by atoms with Crippen LogP contribution >= 0.6 is 0 Å². The first-order valence-corrected chi connectivity index (χ1v) is 7.64. The van der Waals surface area contributed by atoms with Crippen LogP contribution < -0.4 is 0 Å². The van der Waals surface area contributed by atoms with Crippen LogP contribution in [0.1, 0.15) is 32.1 Å². The van der Waals surface area contributed by atoms with Gasteiger partial charge in [-0.25, -0.2) is 0 Å². The summed E-state index contributed by atoms with van der Waals surface area (Å²) in [6, 6.07) is 11.3. The standard InChI is InChI=1S/C14H19S/c1-2-4-13(5-3-1)15-11-10-12-6-8-14(15)9-7-12/h1-5,12,14H,6-11H2/q+1. The van der Waals surface area contributed by atoms with E-state index < -0.39 is 0 Å². The molecule has 0 radical (unpaired) electrons. The van der Waals surface area contributed by atoms with Gasteiger partial charge in [-0.05, 0) is 50.2 Å². The van der Waals surface area contributed by atoms with Crippen LogP contribution in [0.4, 0.5) is 0 Å². The predicted octanol–water partition coefficient (Wildman–Crippen LogP) is 3.63. The minimum atomic E-state index is 0.578. The maximum atomic E-state index is 2.35. The molecule has 1 atom stereocenters. The molecule has 0 N–H and O–H groups in total. The number of hydrogen-bond acceptors (Lipinski definition) is 0. The molecule has 80 valence electrons. The Bertz CT molecular complexity index is 311. The van der Waals surface area contributed by atoms with E-state index in [-0.39, 0.29) is 0 Å². The first kappa shape index (κ1) is 9.77. The molecule has 1 aromatic rings. The SMILES string of the molecule is c1ccc([S+]2CCC3CCC2CC3)cc1. The van der Waals surface area contributed by atoms with Crippen LogP contribution in [0, 0.1) is 5.92 Å². The summed E-state index contributed by atoms with van der Waals surface area (Å²) in [7, 11) is 0.578. The third-order valence-corrected chi connectivity index (χ3v) is 6.82. The van der Waals surface area contributed by atoms with Crippen molar-refractivity contribution in [3.05, 3.63) is 30.3 Å². The van der Waals surface area contributed by atoms with Crippen LogP contribution in [0.3, 0.4) is 0 Å². The molecule has 0 aromatic heterocycles. The zero-order chi connectivity index (χ0) is 10.1. The van der Waals surface area contributed by atoms with Gasteiger partial charge in [-0.3, -0.25) is 0 Å². The molecular weight excluding hydrogens is 200 g/mol. The molecule has 0 spiro atoms. The van der Waals surface area contributed by atoms with Gasteiger partial charge in [-0.15, -0.1) is 0 Å². The van der Waals surface area contributed by atoms with E-state index in [1.54, 1.807) is 4.90 Å². The second-order valence-corrected chi connectivity index (χ2v) is 7.28. The summed E-state index contributed by atoms with van der Waals surface area (Å²) in [6.07, 6.45) is 7.53. The average molecular weight is 219 g/mol. The molecule has 0 nitrogen and oxygen atoms in total. The van der Waals surface area contributed by atoms with E-state index in [0.29, 0.717) is 10.9 Å². The van der Waals surface area contributed by atoms with Crippen LogP contribution in [0.5, 0.6) is 0 Å². The van der Waals surface area contributed by atoms with Crippen molar-refractivity contribution in [3.8, 4) is 0 Å². The van der Waals surface area contributed by atoms with E-state index in [9.17, 15) is 0 Å². The molecular formula is C14H19S+. The minimum Gasteiger partial charge on any atom is -0.0619 e. The second-order valence-electron chi connectivity index (χ2n) is 4.88. The first-order chi connectivity index (χ1) is 7.43. The Morgan fingerprint density at radius 1 is 0.867 bits per heavy atom. The fourth-order valence-corrected chi connectivity index (χ4v) is 5.96. The van der Waals surface area contributed by atoms with E-state index in [1.807, 2.05) is 0 Å². The second kappa shape index (κ2) is 4.21. The highest BCUT2D eigenvalue weighted by atomic mass is 32.2. The lowest BCUT2D eigenvalue weighted by molar-refractivity contribution is 0.369. The molecule has 0 amide bonds. The van der Waals surface area contributed by atoms with Crippen molar-refractivity contribution in [1.29, 1.82) is 0 Å². The summed E-state index contributed by atoms with van der Waals surface area (Å²) in [4.78, 5) is 1.63. The van der Waals surface area contributed by atoms with Crippen LogP contribution in [0.2, 0.25) is 0 Å². The van der Waals surface area contributed by atoms with Gasteiger partial charge in [0.1, 0.15) is 11.0 Å². The molecule has 1 saturated carbocycles. The van der Waals surface area contributed by atoms with Gasteiger partial charge >= 0.3 is 0 Å². The Balaban J connectivity index is 1.86. The summed E-state index contributed by atoms with van der Waals surface area (Å²) in [5.41, 5.74) is 0. The number of fused-ring (bicyclic) bond motifs is 4. The van der Waals surface area contributed by atoms with Crippen LogP contribution in [-0.4, -0.2) is 11.0 Å². The molecule has 3 aliphatic rings. The molecule has 2 heterocycles. The van der Waals surface area contributed by atoms with Crippen molar-refractivity contribution in [3.63, 3.8) is 0 Å². The number of rotatable bonds is 1. The molecule has 2 saturated heterocycles. The van der Waals surface area contributed by atoms with E-state index in [1.165, 1.54) is 37.9 Å². The van der Waals surface area contributed by atoms with E-state index in [2.05, 4.69) is 30.3 Å². The van der Waals surface area contributed by atoms with Crippen molar-refractivity contribution < 1.29 is 0 Å². The summed E-state index contributed by atoms with van der Waals surface area (Å²) in [6.45, 7) is 0. The van der Waals surface area contributed by atoms with E-state index in [4.69, 9.17) is 0 Å². The highest BCUT2D eigenvalue weighted by Crippen LogP contribution is 2.39. The summed E-state index contributed by atoms with van der Waals surface area (Å²) in [5.74, 6) is 2.54. The van der Waals surface area contributed by atoms with Crippen molar-refractivity contribution >= 4 is 10.9 Å². The molecule has 1 unspecified atom stereocenters. The lowest BCUT2D eigenvalue weighted by atomic mass is 9.88. The van der Waals surface area contributed by atoms with E-state index in [0.717, 1.165) is 11.2 Å². The van der Waals surface area contributed by atoms with Gasteiger partial charge in [-0.2, -0.15) is 0 Å². The Hall–Kier alpha value is -0.430. The van der Waals surface area contributed by atoms with Crippen molar-refractivity contribution in [2.24, 2.45) is 5.92 Å². The molecule has 2 bridgehead atoms. The largest absolute Gasteiger partial charge is 0.155 e. The zero-order valence-electron chi connectivity index (χ0n) is 9.19. The zero-order valence-corrected chi connectivity index (χ0v) is 10.0. The number of hydrogen-bond donors (Lipinski definition) is 0. The first-order valence-electron chi connectivity index (χ1n) is 6.18. The molecule has 3 fully saturated rings. The highest BCUT2D eigenvalue weighted by molar-refractivity contribution is 7.97. The Labute approximate surface area is 95.4 Å². The van der Waals surface area contributed by atoms with Crippen LogP contribution in [-0.2, 0) is 10.9 Å². The third-order valence-electron chi connectivity index (χ3n) is 3.99. The molecule has 2 aliphatic heterocycles. The fourth-order valence-electron chi connectivity index (χ4n) is 3.07. The maximum Gasteiger partial charge on any atom is 0.155 e. The van der Waals surface area contributed by atoms with Gasteiger partial charge in [0.15, 0.2) is 4.90 Å². The van der Waals surface area contributed by atoms with Gasteiger partial charge in [0.2, 0.25) is 0 Å². The monoisotopic (exact) mass is 219 g/mol. The van der Waals surface area contributed by atoms with Gasteiger partial charge in [-0.1, -0.05) is 18.2 Å². The molecule has 1 aromatic carbocycles. The minimum absolute atomic E-state index is 0.578. The quantitative estimate of drug-likeness (QED) is 0.633. The Morgan fingerprint density at radius 2 is 1.60 bits per heavy atom. The number of benzene rings is 1. The van der Waals surface area contributed by atoms with Crippen LogP contribution in [0.25, 0.3) is 0 Å². The average Bonchev–Trinajstić information content (AvgIpc) is 2.63. The maximum absolute atomic E-state index is 2.35. The smallest absolute Gasteiger partial charge is 0.0619 e. The molecule has 15 heavy (non-hydrogen) atoms. The Morgan fingerprint density at radius 3 is 2.33 bits per heavy atom. The normalized spacial score (nSPS) is 35.1. The summed E-state index contributed by atoms with van der Waals surface area (Å²) >= 11 is 0. The predicted molar refractivity (Wildman–Crippen MR) is 67.3 cm³/mol. The fraction of sp³-hybridized carbons (Fsp3) is 0.571. The molecule has 4 rings (SSSR count). The lowest BCUT2D eigenvalue weighted by Gasteiger charge is -2.20. The van der Waals surface area contributed by atoms with Gasteiger partial charge in [0, 0.05) is 10.9 Å². The van der Waals surface area contributed by atoms with Crippen molar-refractivity contribution in [2.45, 2.75) is 42.2 Å². The van der Waals surface area contributed by atoms with Gasteiger partial charge in [0.25, 0.3) is 0 Å². The highest BCUT2D eigenvalue weighted by Gasteiger charge is 2.40. The van der Waals surface area contributed by atoms with Crippen molar-refractivity contribution in [2.75, 3.05) is 5.75 Å². The summed E-state index contributed by atoms with van der Waals surface area (Å²) < 4.78 is 0. The van der Waals surface area contributed by atoms with E-state index >= 15 is 0 Å². The van der Waals surface area contributed by atoms with Crippen LogP contribution in [0.15, 0.2) is 35.2 Å². The van der Waals surface area contributed by atoms with Gasteiger partial charge in [0.05, 0.1) is 0 Å². The topological polar surface area (TPSA) is 0 Å². The lowest BCUT2D eigenvalue weighted by Crippen LogP contribution is -2.23. The van der Waals surface area contributed by atoms with Gasteiger partial charge < -0.3 is 0 Å². The molecule has 1 aliphatic carbocycles. The Kier molecular flexibility index (Phi) is 2.74. The summed E-state index contributed by atoms with van der Waals surface area (Å²) in [5, 5.41) is 1.02. The third kappa shape index (κ3) is 1.94. The molecule has 1 heteroatoms.